The molecule has 8 heteroatoms. The molecule has 0 atom stereocenters. The molecule has 1 aromatic heterocycles. The summed E-state index contributed by atoms with van der Waals surface area (Å²) in [7, 11) is -3.63. The van der Waals surface area contributed by atoms with Gasteiger partial charge in [0.1, 0.15) is 6.07 Å². The summed E-state index contributed by atoms with van der Waals surface area (Å²) >= 11 is 0. The van der Waals surface area contributed by atoms with Crippen molar-refractivity contribution in [1.82, 2.24) is 9.78 Å². The smallest absolute Gasteiger partial charge is 0.251 e. The van der Waals surface area contributed by atoms with Gasteiger partial charge in [-0.05, 0) is 44.2 Å². The van der Waals surface area contributed by atoms with Crippen LogP contribution < -0.4 is 5.43 Å². The Kier molecular flexibility index (Phi) is 4.28. The Balaban J connectivity index is 2.22. The van der Waals surface area contributed by atoms with Crippen LogP contribution in [0.15, 0.2) is 35.4 Å². The molecule has 0 aliphatic carbocycles. The number of nitrogens with zero attached hydrogens (tertiary/aromatic N) is 4. The highest BCUT2D eigenvalue weighted by molar-refractivity contribution is 8.06. The maximum absolute atomic E-state index is 11.3. The Morgan fingerprint density at radius 3 is 2.41 bits per heavy atom. The van der Waals surface area contributed by atoms with E-state index in [1.54, 1.807) is 22.9 Å². The molecule has 1 N–H and O–H groups in total. The van der Waals surface area contributed by atoms with Gasteiger partial charge in [-0.25, -0.2) is 13.1 Å². The second-order valence-electron chi connectivity index (χ2n) is 4.80. The van der Waals surface area contributed by atoms with Crippen LogP contribution in [0.25, 0.3) is 5.69 Å². The number of anilines is 1. The monoisotopic (exact) mass is 317 g/mol. The molecular formula is C14H15N5O2S. The van der Waals surface area contributed by atoms with Gasteiger partial charge in [0.05, 0.1) is 17.1 Å². The van der Waals surface area contributed by atoms with Crippen molar-refractivity contribution in [3.8, 4) is 11.8 Å². The van der Waals surface area contributed by atoms with Crippen molar-refractivity contribution in [2.24, 2.45) is 5.10 Å². The predicted octanol–water partition coefficient (Wildman–Crippen LogP) is 1.78. The summed E-state index contributed by atoms with van der Waals surface area (Å²) < 4.78 is 24.3. The first-order chi connectivity index (χ1) is 10.3. The summed E-state index contributed by atoms with van der Waals surface area (Å²) in [5.74, 6) is 0. The van der Waals surface area contributed by atoms with E-state index in [0.29, 0.717) is 5.69 Å². The third-order valence-corrected chi connectivity index (χ3v) is 3.74. The molecule has 0 radical (unpaired) electrons. The summed E-state index contributed by atoms with van der Waals surface area (Å²) in [5, 5.41) is 16.2. The number of aromatic nitrogens is 2. The second-order valence-corrected chi connectivity index (χ2v) is 6.73. The Labute approximate surface area is 128 Å². The fraction of sp³-hybridized carbons (Fsp3) is 0.214. The van der Waals surface area contributed by atoms with E-state index in [0.717, 1.165) is 23.3 Å². The first-order valence-corrected chi connectivity index (χ1v) is 8.28. The molecule has 0 fully saturated rings. The third-order valence-electron chi connectivity index (χ3n) is 2.85. The number of hydrogen-bond acceptors (Lipinski definition) is 6. The van der Waals surface area contributed by atoms with Crippen molar-refractivity contribution >= 4 is 20.6 Å². The van der Waals surface area contributed by atoms with E-state index in [9.17, 15) is 8.42 Å². The van der Waals surface area contributed by atoms with Crippen molar-refractivity contribution in [1.29, 1.82) is 5.26 Å². The maximum Gasteiger partial charge on any atom is 0.251 e. The second kappa shape index (κ2) is 5.99. The topological polar surface area (TPSA) is 100 Å². The lowest BCUT2D eigenvalue weighted by atomic mass is 10.3. The zero-order valence-electron chi connectivity index (χ0n) is 12.4. The van der Waals surface area contributed by atoms with Crippen LogP contribution in [0, 0.1) is 25.2 Å². The van der Waals surface area contributed by atoms with Gasteiger partial charge in [-0.2, -0.15) is 15.5 Å². The zero-order chi connectivity index (χ0) is 16.3. The number of nitriles is 1. The molecule has 22 heavy (non-hydrogen) atoms. The highest BCUT2D eigenvalue weighted by Gasteiger charge is 2.12. The van der Waals surface area contributed by atoms with Crippen molar-refractivity contribution in [2.45, 2.75) is 13.8 Å². The van der Waals surface area contributed by atoms with Gasteiger partial charge in [-0.3, -0.25) is 5.43 Å². The maximum atomic E-state index is 11.3. The van der Waals surface area contributed by atoms with Crippen LogP contribution in [0.5, 0.6) is 0 Å². The molecule has 2 aromatic rings. The summed E-state index contributed by atoms with van der Waals surface area (Å²) in [6.07, 6.45) is 0.933. The van der Waals surface area contributed by atoms with Gasteiger partial charge in [-0.15, -0.1) is 0 Å². The average Bonchev–Trinajstić information content (AvgIpc) is 2.77. The minimum absolute atomic E-state index is 0.560. The summed E-state index contributed by atoms with van der Waals surface area (Å²) in [4.78, 5) is 0. The number of rotatable bonds is 3. The number of nitrogens with one attached hydrogen (secondary N) is 1. The van der Waals surface area contributed by atoms with Crippen molar-refractivity contribution in [3.63, 3.8) is 0 Å². The molecule has 0 saturated heterocycles. The van der Waals surface area contributed by atoms with Crippen LogP contribution >= 0.6 is 0 Å². The van der Waals surface area contributed by atoms with Gasteiger partial charge in [0.15, 0.2) is 0 Å². The lowest BCUT2D eigenvalue weighted by Crippen LogP contribution is -2.12. The van der Waals surface area contributed by atoms with E-state index in [1.807, 2.05) is 32.0 Å². The fourth-order valence-electron chi connectivity index (χ4n) is 1.87. The van der Waals surface area contributed by atoms with Crippen LogP contribution in [-0.2, 0) is 9.84 Å². The molecule has 0 spiro atoms. The number of benzene rings is 1. The number of hydrazone groups is 1. The Morgan fingerprint density at radius 1 is 1.32 bits per heavy atom. The normalized spacial score (nSPS) is 12.0. The van der Waals surface area contributed by atoms with Gasteiger partial charge < -0.3 is 0 Å². The van der Waals surface area contributed by atoms with Crippen molar-refractivity contribution in [3.05, 3.63) is 41.7 Å². The van der Waals surface area contributed by atoms with Crippen LogP contribution in [0.3, 0.4) is 0 Å². The van der Waals surface area contributed by atoms with E-state index in [1.165, 1.54) is 0 Å². The lowest BCUT2D eigenvalue weighted by Gasteiger charge is -2.06. The van der Waals surface area contributed by atoms with Gasteiger partial charge >= 0.3 is 0 Å². The highest BCUT2D eigenvalue weighted by atomic mass is 32.2. The van der Waals surface area contributed by atoms with Gasteiger partial charge in [-0.1, -0.05) is 0 Å². The fourth-order valence-corrected chi connectivity index (χ4v) is 2.25. The molecule has 0 amide bonds. The molecule has 0 bridgehead atoms. The molecular weight excluding hydrogens is 302 g/mol. The Bertz CT molecular complexity index is 858. The molecule has 1 heterocycles. The summed E-state index contributed by atoms with van der Waals surface area (Å²) in [5.41, 5.74) is 5.95. The number of hydrogen-bond donors (Lipinski definition) is 1. The molecule has 1 aromatic carbocycles. The van der Waals surface area contributed by atoms with Crippen LogP contribution in [0.2, 0.25) is 0 Å². The van der Waals surface area contributed by atoms with E-state index in [2.05, 4.69) is 15.6 Å². The van der Waals surface area contributed by atoms with Crippen LogP contribution in [0.4, 0.5) is 5.69 Å². The summed E-state index contributed by atoms with van der Waals surface area (Å²) in [6.45, 7) is 3.88. The molecule has 0 unspecified atom stereocenters. The molecule has 2 rings (SSSR count). The first-order valence-electron chi connectivity index (χ1n) is 6.39. The van der Waals surface area contributed by atoms with Crippen molar-refractivity contribution in [2.75, 3.05) is 11.7 Å². The Morgan fingerprint density at radius 2 is 1.95 bits per heavy atom. The molecule has 0 aliphatic rings. The number of sulfone groups is 1. The summed E-state index contributed by atoms with van der Waals surface area (Å²) in [6, 6.07) is 10.6. The van der Waals surface area contributed by atoms with E-state index in [4.69, 9.17) is 5.26 Å². The lowest BCUT2D eigenvalue weighted by molar-refractivity contribution is 0.612. The highest BCUT2D eigenvalue weighted by Crippen LogP contribution is 2.15. The SMILES string of the molecule is Cc1cc(C)n(-c2ccc(N/N=C(\C#N)S(C)(=O)=O)cc2)n1. The minimum Gasteiger partial charge on any atom is -0.277 e. The van der Waals surface area contributed by atoms with Gasteiger partial charge in [0.2, 0.25) is 9.84 Å². The zero-order valence-corrected chi connectivity index (χ0v) is 13.2. The first kappa shape index (κ1) is 15.7. The average molecular weight is 317 g/mol. The quantitative estimate of drug-likeness (QED) is 0.528. The standard InChI is InChI=1S/C14H15N5O2S/c1-10-8-11(2)19(18-10)13-6-4-12(5-7-13)16-17-14(9-15)22(3,20)21/h4-8,16H,1-3H3/b17-14+. The van der Waals surface area contributed by atoms with Gasteiger partial charge in [0.25, 0.3) is 5.04 Å². The van der Waals surface area contributed by atoms with Gasteiger partial charge in [0, 0.05) is 11.9 Å². The third kappa shape index (κ3) is 3.51. The van der Waals surface area contributed by atoms with E-state index in [-0.39, 0.29) is 0 Å². The largest absolute Gasteiger partial charge is 0.277 e. The number of aryl methyl sites for hydroxylation is 2. The molecule has 114 valence electrons. The van der Waals surface area contributed by atoms with Crippen molar-refractivity contribution < 1.29 is 8.42 Å². The molecule has 0 saturated carbocycles. The van der Waals surface area contributed by atoms with Crippen LogP contribution in [0.1, 0.15) is 11.4 Å². The van der Waals surface area contributed by atoms with E-state index >= 15 is 0 Å². The Hall–Kier alpha value is -2.66. The minimum atomic E-state index is -3.63. The molecule has 0 aliphatic heterocycles. The van der Waals surface area contributed by atoms with E-state index < -0.39 is 14.9 Å². The van der Waals surface area contributed by atoms with Crippen LogP contribution in [-0.4, -0.2) is 29.5 Å². The molecule has 7 nitrogen and oxygen atoms in total. The predicted molar refractivity (Wildman–Crippen MR) is 84.6 cm³/mol.